The Morgan fingerprint density at radius 3 is 3.24 bits per heavy atom. The van der Waals surface area contributed by atoms with Gasteiger partial charge in [-0.15, -0.1) is 11.6 Å². The average molecular weight is 268 g/mol. The summed E-state index contributed by atoms with van der Waals surface area (Å²) in [6, 6.07) is 4.50. The van der Waals surface area contributed by atoms with Crippen molar-refractivity contribution >= 4 is 34.5 Å². The fourth-order valence-electron chi connectivity index (χ4n) is 2.35. The van der Waals surface area contributed by atoms with Crippen LogP contribution in [0.3, 0.4) is 0 Å². The molecule has 2 aromatic heterocycles. The highest BCUT2D eigenvalue weighted by atomic mass is 35.5. The van der Waals surface area contributed by atoms with E-state index in [9.17, 15) is 0 Å². The van der Waals surface area contributed by atoms with Crippen LogP contribution in [0.15, 0.2) is 18.3 Å². The number of aromatic nitrogens is 3. The molecule has 0 amide bonds. The molecule has 0 N–H and O–H groups in total. The van der Waals surface area contributed by atoms with Crippen molar-refractivity contribution in [3.63, 3.8) is 0 Å². The number of hydrogen-bond acceptors (Lipinski definition) is 3. The molecule has 3 nitrogen and oxygen atoms in total. The van der Waals surface area contributed by atoms with Gasteiger partial charge in [0.05, 0.1) is 0 Å². The summed E-state index contributed by atoms with van der Waals surface area (Å²) in [7, 11) is 0. The predicted molar refractivity (Wildman–Crippen MR) is 72.9 cm³/mol. The van der Waals surface area contributed by atoms with Gasteiger partial charge in [-0.2, -0.15) is 11.8 Å². The second-order valence-corrected chi connectivity index (χ2v) is 5.73. The summed E-state index contributed by atoms with van der Waals surface area (Å²) >= 11 is 7.87. The number of fused-ring (bicyclic) bond motifs is 1. The van der Waals surface area contributed by atoms with Gasteiger partial charge in [-0.3, -0.25) is 0 Å². The molecular weight excluding hydrogens is 254 g/mol. The number of hydrogen-bond donors (Lipinski definition) is 0. The fraction of sp³-hybridized carbons (Fsp3) is 0.500. The summed E-state index contributed by atoms with van der Waals surface area (Å²) in [6.07, 6.45) is 3.87. The van der Waals surface area contributed by atoms with Gasteiger partial charge in [-0.1, -0.05) is 0 Å². The van der Waals surface area contributed by atoms with Crippen LogP contribution in [0.1, 0.15) is 18.3 Å². The Bertz CT molecular complexity index is 519. The zero-order valence-corrected chi connectivity index (χ0v) is 11.0. The smallest absolute Gasteiger partial charge is 0.160 e. The molecule has 3 rings (SSSR count). The van der Waals surface area contributed by atoms with E-state index in [4.69, 9.17) is 11.6 Å². The minimum absolute atomic E-state index is 0.540. The number of aryl methyl sites for hydroxylation is 1. The van der Waals surface area contributed by atoms with Gasteiger partial charge in [0.2, 0.25) is 0 Å². The average Bonchev–Trinajstić information content (AvgIpc) is 2.94. The molecule has 0 aromatic carbocycles. The van der Waals surface area contributed by atoms with Gasteiger partial charge >= 0.3 is 0 Å². The van der Waals surface area contributed by atoms with Crippen molar-refractivity contribution in [2.45, 2.75) is 18.9 Å². The Morgan fingerprint density at radius 1 is 1.53 bits per heavy atom. The van der Waals surface area contributed by atoms with Gasteiger partial charge in [-0.25, -0.2) is 9.97 Å². The molecule has 0 bridgehead atoms. The third kappa shape index (κ3) is 2.04. The van der Waals surface area contributed by atoms with Crippen LogP contribution in [0.5, 0.6) is 0 Å². The molecule has 0 spiro atoms. The van der Waals surface area contributed by atoms with Crippen molar-refractivity contribution in [3.05, 3.63) is 24.2 Å². The number of thioether (sulfide) groups is 1. The van der Waals surface area contributed by atoms with E-state index in [0.29, 0.717) is 11.9 Å². The van der Waals surface area contributed by atoms with Crippen molar-refractivity contribution in [2.75, 3.05) is 17.4 Å². The Balaban J connectivity index is 2.13. The maximum absolute atomic E-state index is 5.86. The van der Waals surface area contributed by atoms with Crippen LogP contribution in [0, 0.1) is 0 Å². The molecular formula is C12H14ClN3S. The van der Waals surface area contributed by atoms with Crippen LogP contribution in [0.25, 0.3) is 11.2 Å². The molecule has 1 aliphatic rings. The van der Waals surface area contributed by atoms with Gasteiger partial charge in [-0.05, 0) is 24.3 Å². The zero-order chi connectivity index (χ0) is 11.7. The van der Waals surface area contributed by atoms with Gasteiger partial charge in [0.15, 0.2) is 5.65 Å². The number of halogens is 1. The van der Waals surface area contributed by atoms with E-state index in [1.165, 1.54) is 12.2 Å². The summed E-state index contributed by atoms with van der Waals surface area (Å²) in [5.41, 5.74) is 2.00. The number of nitrogens with zero attached hydrogens (tertiary/aromatic N) is 3. The predicted octanol–water partition coefficient (Wildman–Crippen LogP) is 2.89. The zero-order valence-electron chi connectivity index (χ0n) is 9.47. The lowest BCUT2D eigenvalue weighted by Crippen LogP contribution is -2.12. The molecule has 90 valence electrons. The number of imidazole rings is 1. The van der Waals surface area contributed by atoms with Gasteiger partial charge < -0.3 is 4.57 Å². The standard InChI is InChI=1S/C12H14ClN3S/c13-5-3-11-15-10-2-1-6-14-12(10)16(11)9-4-7-17-8-9/h1-2,6,9H,3-5,7-8H2. The topological polar surface area (TPSA) is 30.7 Å². The maximum Gasteiger partial charge on any atom is 0.160 e. The van der Waals surface area contributed by atoms with E-state index in [1.54, 1.807) is 0 Å². The Hall–Kier alpha value is -0.740. The summed E-state index contributed by atoms with van der Waals surface area (Å²) in [5, 5.41) is 0. The summed E-state index contributed by atoms with van der Waals surface area (Å²) in [5.74, 6) is 4.10. The fourth-order valence-corrected chi connectivity index (χ4v) is 3.71. The maximum atomic E-state index is 5.86. The Morgan fingerprint density at radius 2 is 2.47 bits per heavy atom. The van der Waals surface area contributed by atoms with E-state index in [0.717, 1.165) is 29.2 Å². The lowest BCUT2D eigenvalue weighted by atomic mass is 10.2. The highest BCUT2D eigenvalue weighted by Crippen LogP contribution is 2.31. The minimum atomic E-state index is 0.540. The molecule has 0 radical (unpaired) electrons. The van der Waals surface area contributed by atoms with Crippen LogP contribution in [-0.4, -0.2) is 31.9 Å². The van der Waals surface area contributed by atoms with E-state index in [1.807, 2.05) is 30.1 Å². The van der Waals surface area contributed by atoms with Crippen LogP contribution in [-0.2, 0) is 6.42 Å². The number of pyridine rings is 1. The molecule has 5 heteroatoms. The summed E-state index contributed by atoms with van der Waals surface area (Å²) in [6.45, 7) is 0. The molecule has 1 saturated heterocycles. The quantitative estimate of drug-likeness (QED) is 0.802. The number of alkyl halides is 1. The SMILES string of the molecule is ClCCc1nc2cccnc2n1C1CCSC1. The molecule has 3 heterocycles. The van der Waals surface area contributed by atoms with Crippen molar-refractivity contribution in [1.82, 2.24) is 14.5 Å². The van der Waals surface area contributed by atoms with Crippen molar-refractivity contribution < 1.29 is 0 Å². The lowest BCUT2D eigenvalue weighted by molar-refractivity contribution is 0.548. The minimum Gasteiger partial charge on any atom is -0.309 e. The monoisotopic (exact) mass is 267 g/mol. The first-order chi connectivity index (χ1) is 8.40. The lowest BCUT2D eigenvalue weighted by Gasteiger charge is -2.14. The molecule has 1 unspecified atom stereocenters. The molecule has 1 atom stereocenters. The first-order valence-corrected chi connectivity index (χ1v) is 7.54. The molecule has 2 aromatic rings. The third-order valence-electron chi connectivity index (χ3n) is 3.11. The summed E-state index contributed by atoms with van der Waals surface area (Å²) < 4.78 is 2.30. The summed E-state index contributed by atoms with van der Waals surface area (Å²) in [4.78, 5) is 9.13. The molecule has 17 heavy (non-hydrogen) atoms. The highest BCUT2D eigenvalue weighted by molar-refractivity contribution is 7.99. The number of rotatable bonds is 3. The third-order valence-corrected chi connectivity index (χ3v) is 4.44. The van der Waals surface area contributed by atoms with Crippen molar-refractivity contribution in [3.8, 4) is 0 Å². The highest BCUT2D eigenvalue weighted by Gasteiger charge is 2.23. The van der Waals surface area contributed by atoms with Crippen molar-refractivity contribution in [2.24, 2.45) is 0 Å². The van der Waals surface area contributed by atoms with Crippen molar-refractivity contribution in [1.29, 1.82) is 0 Å². The van der Waals surface area contributed by atoms with E-state index in [-0.39, 0.29) is 0 Å². The van der Waals surface area contributed by atoms with E-state index >= 15 is 0 Å². The van der Waals surface area contributed by atoms with Crippen LogP contribution in [0.2, 0.25) is 0 Å². The molecule has 1 fully saturated rings. The first-order valence-electron chi connectivity index (χ1n) is 5.85. The van der Waals surface area contributed by atoms with Gasteiger partial charge in [0, 0.05) is 30.3 Å². The Labute approximate surface area is 110 Å². The van der Waals surface area contributed by atoms with E-state index in [2.05, 4.69) is 14.5 Å². The molecule has 0 aliphatic carbocycles. The van der Waals surface area contributed by atoms with Crippen LogP contribution >= 0.6 is 23.4 Å². The molecule has 0 saturated carbocycles. The van der Waals surface area contributed by atoms with Crippen LogP contribution < -0.4 is 0 Å². The van der Waals surface area contributed by atoms with Gasteiger partial charge in [0.1, 0.15) is 11.3 Å². The normalized spacial score (nSPS) is 20.2. The molecule has 1 aliphatic heterocycles. The first kappa shape index (κ1) is 11.4. The van der Waals surface area contributed by atoms with Gasteiger partial charge in [0.25, 0.3) is 0 Å². The Kier molecular flexibility index (Phi) is 3.25. The van der Waals surface area contributed by atoms with Crippen LogP contribution in [0.4, 0.5) is 0 Å². The second kappa shape index (κ2) is 4.86. The largest absolute Gasteiger partial charge is 0.309 e. The second-order valence-electron chi connectivity index (χ2n) is 4.20. The van der Waals surface area contributed by atoms with E-state index < -0.39 is 0 Å².